The summed E-state index contributed by atoms with van der Waals surface area (Å²) in [5.74, 6) is -0.556. The molecule has 0 spiro atoms. The van der Waals surface area contributed by atoms with Gasteiger partial charge < -0.3 is 15.5 Å². The Hall–Kier alpha value is -1.59. The highest BCUT2D eigenvalue weighted by Gasteiger charge is 2.40. The Morgan fingerprint density at radius 3 is 2.14 bits per heavy atom. The number of carbonyl (C=O) groups is 3. The van der Waals surface area contributed by atoms with E-state index < -0.39 is 17.0 Å². The van der Waals surface area contributed by atoms with E-state index in [1.807, 2.05) is 20.8 Å². The van der Waals surface area contributed by atoms with Crippen LogP contribution in [0.2, 0.25) is 0 Å². The van der Waals surface area contributed by atoms with Crippen LogP contribution >= 0.6 is 0 Å². The van der Waals surface area contributed by atoms with Crippen molar-refractivity contribution in [1.82, 2.24) is 15.5 Å². The zero-order valence-corrected chi connectivity index (χ0v) is 13.9. The van der Waals surface area contributed by atoms with E-state index >= 15 is 0 Å². The predicted molar refractivity (Wildman–Crippen MR) is 80.5 cm³/mol. The first-order valence-electron chi connectivity index (χ1n) is 7.36. The van der Waals surface area contributed by atoms with Gasteiger partial charge in [0, 0.05) is 19.0 Å². The molecule has 0 aromatic heterocycles. The van der Waals surface area contributed by atoms with Crippen LogP contribution < -0.4 is 10.6 Å². The molecule has 1 atom stereocenters. The number of likely N-dealkylation sites (N-methyl/N-ethyl adjacent to an activating group) is 1. The highest BCUT2D eigenvalue weighted by atomic mass is 16.2. The SMILES string of the molecule is CNC(=O)C(C)(C)NC(=O)C1CCCN1C(=O)C(C)(C)C. The molecule has 3 amide bonds. The average molecular weight is 297 g/mol. The number of rotatable bonds is 3. The van der Waals surface area contributed by atoms with Crippen molar-refractivity contribution in [1.29, 1.82) is 0 Å². The second-order valence-corrected chi connectivity index (χ2v) is 7.10. The fourth-order valence-electron chi connectivity index (χ4n) is 2.47. The lowest BCUT2D eigenvalue weighted by Crippen LogP contribution is -2.58. The third kappa shape index (κ3) is 3.95. The van der Waals surface area contributed by atoms with Gasteiger partial charge in [-0.1, -0.05) is 20.8 Å². The van der Waals surface area contributed by atoms with Crippen molar-refractivity contribution in [3.05, 3.63) is 0 Å². The van der Waals surface area contributed by atoms with Gasteiger partial charge in [0.1, 0.15) is 11.6 Å². The molecule has 0 radical (unpaired) electrons. The molecule has 0 aromatic carbocycles. The van der Waals surface area contributed by atoms with Crippen LogP contribution in [0.5, 0.6) is 0 Å². The molecule has 1 heterocycles. The summed E-state index contributed by atoms with van der Waals surface area (Å²) in [6.45, 7) is 9.42. The summed E-state index contributed by atoms with van der Waals surface area (Å²) >= 11 is 0. The van der Waals surface area contributed by atoms with Gasteiger partial charge in [0.25, 0.3) is 0 Å². The number of amides is 3. The maximum Gasteiger partial charge on any atom is 0.244 e. The molecule has 1 rings (SSSR count). The zero-order chi connectivity index (χ0) is 16.4. The van der Waals surface area contributed by atoms with Crippen molar-refractivity contribution in [2.24, 2.45) is 5.41 Å². The van der Waals surface area contributed by atoms with Gasteiger partial charge in [-0.3, -0.25) is 14.4 Å². The minimum Gasteiger partial charge on any atom is -0.357 e. The van der Waals surface area contributed by atoms with Gasteiger partial charge in [-0.15, -0.1) is 0 Å². The first-order chi connectivity index (χ1) is 9.50. The molecule has 1 aliphatic rings. The van der Waals surface area contributed by atoms with Gasteiger partial charge >= 0.3 is 0 Å². The molecule has 0 aliphatic carbocycles. The fourth-order valence-corrected chi connectivity index (χ4v) is 2.47. The van der Waals surface area contributed by atoms with Crippen LogP contribution in [-0.2, 0) is 14.4 Å². The van der Waals surface area contributed by atoms with Gasteiger partial charge in [-0.05, 0) is 26.7 Å². The highest BCUT2D eigenvalue weighted by molar-refractivity contribution is 5.94. The number of nitrogens with one attached hydrogen (secondary N) is 2. The van der Waals surface area contributed by atoms with Crippen molar-refractivity contribution in [2.45, 2.75) is 59.0 Å². The minimum atomic E-state index is -0.995. The maximum atomic E-state index is 12.4. The van der Waals surface area contributed by atoms with E-state index in [1.54, 1.807) is 18.7 Å². The molecule has 21 heavy (non-hydrogen) atoms. The summed E-state index contributed by atoms with van der Waals surface area (Å²) in [6, 6.07) is -0.486. The number of hydrogen-bond acceptors (Lipinski definition) is 3. The molecular formula is C15H27N3O3. The van der Waals surface area contributed by atoms with Crippen molar-refractivity contribution in [3.8, 4) is 0 Å². The van der Waals surface area contributed by atoms with Gasteiger partial charge in [0.2, 0.25) is 17.7 Å². The summed E-state index contributed by atoms with van der Waals surface area (Å²) in [7, 11) is 1.53. The Bertz CT molecular complexity index is 438. The van der Waals surface area contributed by atoms with Crippen LogP contribution in [0.4, 0.5) is 0 Å². The Morgan fingerprint density at radius 1 is 1.10 bits per heavy atom. The molecule has 1 fully saturated rings. The molecule has 1 unspecified atom stereocenters. The van der Waals surface area contributed by atoms with Crippen LogP contribution in [-0.4, -0.2) is 47.8 Å². The summed E-state index contributed by atoms with van der Waals surface area (Å²) in [5, 5.41) is 5.27. The zero-order valence-electron chi connectivity index (χ0n) is 13.9. The molecule has 0 bridgehead atoms. The number of nitrogens with zero attached hydrogens (tertiary/aromatic N) is 1. The number of carbonyl (C=O) groups excluding carboxylic acids is 3. The van der Waals surface area contributed by atoms with Crippen molar-refractivity contribution >= 4 is 17.7 Å². The molecule has 1 saturated heterocycles. The summed E-state index contributed by atoms with van der Waals surface area (Å²) in [6.07, 6.45) is 1.44. The van der Waals surface area contributed by atoms with Gasteiger partial charge in [-0.2, -0.15) is 0 Å². The van der Waals surface area contributed by atoms with Gasteiger partial charge in [0.05, 0.1) is 0 Å². The summed E-state index contributed by atoms with van der Waals surface area (Å²) < 4.78 is 0. The van der Waals surface area contributed by atoms with Crippen LogP contribution in [0.15, 0.2) is 0 Å². The Labute approximate surface area is 126 Å². The quantitative estimate of drug-likeness (QED) is 0.803. The second-order valence-electron chi connectivity index (χ2n) is 7.10. The second kappa shape index (κ2) is 6.03. The Balaban J connectivity index is 2.82. The van der Waals surface area contributed by atoms with Crippen molar-refractivity contribution < 1.29 is 14.4 Å². The van der Waals surface area contributed by atoms with Crippen LogP contribution in [0.1, 0.15) is 47.5 Å². The molecule has 6 nitrogen and oxygen atoms in total. The van der Waals surface area contributed by atoms with E-state index in [0.29, 0.717) is 13.0 Å². The lowest BCUT2D eigenvalue weighted by molar-refractivity contribution is -0.145. The van der Waals surface area contributed by atoms with E-state index in [-0.39, 0.29) is 17.7 Å². The molecular weight excluding hydrogens is 270 g/mol. The third-order valence-electron chi connectivity index (χ3n) is 3.69. The van der Waals surface area contributed by atoms with Crippen molar-refractivity contribution in [3.63, 3.8) is 0 Å². The largest absolute Gasteiger partial charge is 0.357 e. The molecule has 2 N–H and O–H groups in total. The molecule has 6 heteroatoms. The normalized spacial score (nSPS) is 19.3. The molecule has 0 saturated carbocycles. The fraction of sp³-hybridized carbons (Fsp3) is 0.800. The first kappa shape index (κ1) is 17.5. The van der Waals surface area contributed by atoms with E-state index in [0.717, 1.165) is 6.42 Å². The van der Waals surface area contributed by atoms with Crippen LogP contribution in [0.25, 0.3) is 0 Å². The minimum absolute atomic E-state index is 0.0297. The van der Waals surface area contributed by atoms with Crippen molar-refractivity contribution in [2.75, 3.05) is 13.6 Å². The first-order valence-corrected chi connectivity index (χ1v) is 7.36. The van der Waals surface area contributed by atoms with Crippen LogP contribution in [0.3, 0.4) is 0 Å². The molecule has 1 aliphatic heterocycles. The standard InChI is InChI=1S/C15H27N3O3/c1-14(2,3)13(21)18-9-7-8-10(18)11(19)17-15(4,5)12(20)16-6/h10H,7-9H2,1-6H3,(H,16,20)(H,17,19). The highest BCUT2D eigenvalue weighted by Crippen LogP contribution is 2.25. The Kier molecular flexibility index (Phi) is 5.02. The third-order valence-corrected chi connectivity index (χ3v) is 3.69. The van der Waals surface area contributed by atoms with Crippen LogP contribution in [0, 0.1) is 5.41 Å². The predicted octanol–water partition coefficient (Wildman–Crippen LogP) is 0.664. The Morgan fingerprint density at radius 2 is 1.67 bits per heavy atom. The average Bonchev–Trinajstić information content (AvgIpc) is 2.84. The molecule has 120 valence electrons. The lowest BCUT2D eigenvalue weighted by atomic mass is 9.94. The summed E-state index contributed by atoms with van der Waals surface area (Å²) in [4.78, 5) is 38.2. The number of likely N-dealkylation sites (tertiary alicyclic amines) is 1. The van der Waals surface area contributed by atoms with E-state index in [4.69, 9.17) is 0 Å². The van der Waals surface area contributed by atoms with Gasteiger partial charge in [-0.25, -0.2) is 0 Å². The summed E-state index contributed by atoms with van der Waals surface area (Å²) in [5.41, 5.74) is -1.51. The maximum absolute atomic E-state index is 12.4. The molecule has 0 aromatic rings. The monoisotopic (exact) mass is 297 g/mol. The lowest BCUT2D eigenvalue weighted by Gasteiger charge is -2.32. The number of hydrogen-bond donors (Lipinski definition) is 2. The topological polar surface area (TPSA) is 78.5 Å². The van der Waals surface area contributed by atoms with Gasteiger partial charge in [0.15, 0.2) is 0 Å². The van der Waals surface area contributed by atoms with E-state index in [1.165, 1.54) is 7.05 Å². The smallest absolute Gasteiger partial charge is 0.244 e. The van der Waals surface area contributed by atoms with E-state index in [2.05, 4.69) is 10.6 Å². The van der Waals surface area contributed by atoms with E-state index in [9.17, 15) is 14.4 Å².